The molecule has 116 valence electrons. The van der Waals surface area contributed by atoms with Crippen LogP contribution >= 0.6 is 0 Å². The summed E-state index contributed by atoms with van der Waals surface area (Å²) in [5.74, 6) is 0.585. The minimum absolute atomic E-state index is 0.0470. The van der Waals surface area contributed by atoms with Crippen LogP contribution in [0.2, 0.25) is 0 Å². The molecule has 0 spiro atoms. The van der Waals surface area contributed by atoms with Gasteiger partial charge in [-0.05, 0) is 51.0 Å². The highest BCUT2D eigenvalue weighted by Gasteiger charge is 2.18. The number of benzene rings is 2. The molecule has 0 aliphatic carbocycles. The third-order valence-electron chi connectivity index (χ3n) is 3.69. The number of carbonyl (C=O) groups excluding carboxylic acids is 1. The van der Waals surface area contributed by atoms with Crippen molar-refractivity contribution >= 4 is 5.91 Å². The molecule has 2 aromatic carbocycles. The fourth-order valence-corrected chi connectivity index (χ4v) is 2.39. The second-order valence-corrected chi connectivity index (χ2v) is 5.66. The molecule has 0 unspecified atom stereocenters. The van der Waals surface area contributed by atoms with Gasteiger partial charge in [0.05, 0.1) is 6.04 Å². The van der Waals surface area contributed by atoms with Gasteiger partial charge in [-0.25, -0.2) is 0 Å². The van der Waals surface area contributed by atoms with Crippen LogP contribution in [0.1, 0.15) is 36.6 Å². The molecule has 2 aromatic rings. The van der Waals surface area contributed by atoms with E-state index < -0.39 is 6.10 Å². The maximum atomic E-state index is 12.3. The average Bonchev–Trinajstić information content (AvgIpc) is 2.50. The molecule has 0 bridgehead atoms. The lowest BCUT2D eigenvalue weighted by Gasteiger charge is -2.20. The van der Waals surface area contributed by atoms with Crippen LogP contribution in [0.15, 0.2) is 48.5 Å². The molecule has 0 saturated heterocycles. The summed E-state index contributed by atoms with van der Waals surface area (Å²) in [6.07, 6.45) is -0.532. The molecule has 3 heteroatoms. The van der Waals surface area contributed by atoms with Gasteiger partial charge in [0, 0.05) is 0 Å². The number of nitrogens with one attached hydrogen (secondary N) is 1. The third kappa shape index (κ3) is 4.10. The summed E-state index contributed by atoms with van der Waals surface area (Å²) in [5.41, 5.74) is 3.51. The van der Waals surface area contributed by atoms with E-state index in [0.29, 0.717) is 5.75 Å². The lowest BCUT2D eigenvalue weighted by molar-refractivity contribution is -0.127. The summed E-state index contributed by atoms with van der Waals surface area (Å²) < 4.78 is 5.65. The van der Waals surface area contributed by atoms with E-state index in [1.165, 1.54) is 11.1 Å². The molecule has 0 aromatic heterocycles. The number of ether oxygens (including phenoxy) is 1. The fraction of sp³-hybridized carbons (Fsp3) is 0.316. The van der Waals surface area contributed by atoms with Crippen molar-refractivity contribution in [2.24, 2.45) is 0 Å². The lowest BCUT2D eigenvalue weighted by Crippen LogP contribution is -2.38. The molecule has 0 heterocycles. The summed E-state index contributed by atoms with van der Waals surface area (Å²) in [6.45, 7) is 7.87. The Labute approximate surface area is 132 Å². The van der Waals surface area contributed by atoms with E-state index in [1.807, 2.05) is 37.3 Å². The number of para-hydroxylation sites is 1. The van der Waals surface area contributed by atoms with Crippen LogP contribution in [0.5, 0.6) is 5.75 Å². The molecule has 0 saturated carbocycles. The standard InChI is InChI=1S/C19H23NO2/c1-13-10-11-14(2)18(12-13)15(3)20-19(21)16(4)22-17-8-6-5-7-9-17/h5-12,15-16H,1-4H3,(H,20,21)/t15-,16+/m0/s1. The summed E-state index contributed by atoms with van der Waals surface area (Å²) >= 11 is 0. The minimum Gasteiger partial charge on any atom is -0.481 e. The van der Waals surface area contributed by atoms with E-state index in [2.05, 4.69) is 37.4 Å². The van der Waals surface area contributed by atoms with Crippen LogP contribution < -0.4 is 10.1 Å². The summed E-state index contributed by atoms with van der Waals surface area (Å²) in [6, 6.07) is 15.6. The lowest BCUT2D eigenvalue weighted by atomic mass is 10.00. The molecule has 3 nitrogen and oxygen atoms in total. The molecule has 0 aliphatic rings. The van der Waals surface area contributed by atoms with Gasteiger partial charge in [-0.3, -0.25) is 4.79 Å². The van der Waals surface area contributed by atoms with Crippen LogP contribution in [-0.4, -0.2) is 12.0 Å². The Hall–Kier alpha value is -2.29. The van der Waals surface area contributed by atoms with Crippen LogP contribution in [0.3, 0.4) is 0 Å². The zero-order valence-corrected chi connectivity index (χ0v) is 13.6. The first-order valence-electron chi connectivity index (χ1n) is 7.56. The Balaban J connectivity index is 2.00. The van der Waals surface area contributed by atoms with Gasteiger partial charge in [-0.1, -0.05) is 42.0 Å². The fourth-order valence-electron chi connectivity index (χ4n) is 2.39. The monoisotopic (exact) mass is 297 g/mol. The summed E-state index contributed by atoms with van der Waals surface area (Å²) in [5, 5.41) is 3.02. The van der Waals surface area contributed by atoms with E-state index in [4.69, 9.17) is 4.74 Å². The van der Waals surface area contributed by atoms with Crippen molar-refractivity contribution in [3.05, 3.63) is 65.2 Å². The van der Waals surface area contributed by atoms with Gasteiger partial charge >= 0.3 is 0 Å². The van der Waals surface area contributed by atoms with Crippen molar-refractivity contribution in [1.82, 2.24) is 5.32 Å². The van der Waals surface area contributed by atoms with Gasteiger partial charge in [0.25, 0.3) is 5.91 Å². The Kier molecular flexibility index (Phi) is 5.21. The maximum absolute atomic E-state index is 12.3. The quantitative estimate of drug-likeness (QED) is 0.907. The number of amides is 1. The molecule has 2 atom stereocenters. The number of aryl methyl sites for hydroxylation is 2. The number of carbonyl (C=O) groups is 1. The second-order valence-electron chi connectivity index (χ2n) is 5.66. The Morgan fingerprint density at radius 2 is 1.73 bits per heavy atom. The highest BCUT2D eigenvalue weighted by Crippen LogP contribution is 2.19. The van der Waals surface area contributed by atoms with Crippen molar-refractivity contribution in [2.45, 2.75) is 39.8 Å². The largest absolute Gasteiger partial charge is 0.481 e. The van der Waals surface area contributed by atoms with Crippen molar-refractivity contribution < 1.29 is 9.53 Å². The molecule has 1 amide bonds. The first-order valence-corrected chi connectivity index (χ1v) is 7.56. The zero-order chi connectivity index (χ0) is 16.1. The van der Waals surface area contributed by atoms with Crippen molar-refractivity contribution in [3.63, 3.8) is 0 Å². The molecular formula is C19H23NO2. The molecular weight excluding hydrogens is 274 g/mol. The van der Waals surface area contributed by atoms with E-state index in [0.717, 1.165) is 5.56 Å². The Bertz CT molecular complexity index is 637. The van der Waals surface area contributed by atoms with Gasteiger partial charge < -0.3 is 10.1 Å². The Morgan fingerprint density at radius 3 is 2.41 bits per heavy atom. The predicted molar refractivity (Wildman–Crippen MR) is 89.0 cm³/mol. The minimum atomic E-state index is -0.532. The molecule has 1 N–H and O–H groups in total. The number of rotatable bonds is 5. The van der Waals surface area contributed by atoms with E-state index in [1.54, 1.807) is 6.92 Å². The van der Waals surface area contributed by atoms with Crippen LogP contribution in [0.25, 0.3) is 0 Å². The normalized spacial score (nSPS) is 13.3. The Morgan fingerprint density at radius 1 is 1.05 bits per heavy atom. The van der Waals surface area contributed by atoms with Gasteiger partial charge in [0.2, 0.25) is 0 Å². The van der Waals surface area contributed by atoms with E-state index in [-0.39, 0.29) is 11.9 Å². The highest BCUT2D eigenvalue weighted by molar-refractivity contribution is 5.81. The zero-order valence-electron chi connectivity index (χ0n) is 13.6. The van der Waals surface area contributed by atoms with Gasteiger partial charge in [-0.15, -0.1) is 0 Å². The number of hydrogen-bond acceptors (Lipinski definition) is 2. The predicted octanol–water partition coefficient (Wildman–Crippen LogP) is 3.95. The van der Waals surface area contributed by atoms with Crippen LogP contribution in [-0.2, 0) is 4.79 Å². The van der Waals surface area contributed by atoms with E-state index in [9.17, 15) is 4.79 Å². The molecule has 0 radical (unpaired) electrons. The average molecular weight is 297 g/mol. The third-order valence-corrected chi connectivity index (χ3v) is 3.69. The van der Waals surface area contributed by atoms with Crippen molar-refractivity contribution in [2.75, 3.05) is 0 Å². The summed E-state index contributed by atoms with van der Waals surface area (Å²) in [4.78, 5) is 12.3. The maximum Gasteiger partial charge on any atom is 0.261 e. The topological polar surface area (TPSA) is 38.3 Å². The summed E-state index contributed by atoms with van der Waals surface area (Å²) in [7, 11) is 0. The van der Waals surface area contributed by atoms with E-state index >= 15 is 0 Å². The van der Waals surface area contributed by atoms with Gasteiger partial charge in [0.1, 0.15) is 5.75 Å². The number of hydrogen-bond donors (Lipinski definition) is 1. The van der Waals surface area contributed by atoms with Crippen LogP contribution in [0, 0.1) is 13.8 Å². The highest BCUT2D eigenvalue weighted by atomic mass is 16.5. The smallest absolute Gasteiger partial charge is 0.261 e. The first kappa shape index (κ1) is 16.1. The SMILES string of the molecule is Cc1ccc(C)c([C@H](C)NC(=O)[C@@H](C)Oc2ccccc2)c1. The van der Waals surface area contributed by atoms with Crippen LogP contribution in [0.4, 0.5) is 0 Å². The van der Waals surface area contributed by atoms with Gasteiger partial charge in [0.15, 0.2) is 6.10 Å². The van der Waals surface area contributed by atoms with Crippen molar-refractivity contribution in [1.29, 1.82) is 0 Å². The van der Waals surface area contributed by atoms with Crippen molar-refractivity contribution in [3.8, 4) is 5.75 Å². The molecule has 22 heavy (non-hydrogen) atoms. The van der Waals surface area contributed by atoms with Gasteiger partial charge in [-0.2, -0.15) is 0 Å². The second kappa shape index (κ2) is 7.12. The molecule has 0 fully saturated rings. The first-order chi connectivity index (χ1) is 10.5. The molecule has 0 aliphatic heterocycles. The molecule has 2 rings (SSSR count).